The van der Waals surface area contributed by atoms with Crippen molar-refractivity contribution in [2.24, 2.45) is 0 Å². The molecule has 0 aromatic heterocycles. The summed E-state index contributed by atoms with van der Waals surface area (Å²) in [5.41, 5.74) is 1.43. The van der Waals surface area contributed by atoms with Crippen LogP contribution in [0.25, 0.3) is 0 Å². The number of nitrogens with one attached hydrogen (secondary N) is 1. The highest BCUT2D eigenvalue weighted by atomic mass is 19.3. The molecule has 0 aliphatic rings. The number of benzene rings is 2. The van der Waals surface area contributed by atoms with E-state index in [2.05, 4.69) is 5.32 Å². The van der Waals surface area contributed by atoms with E-state index >= 15 is 0 Å². The van der Waals surface area contributed by atoms with Crippen molar-refractivity contribution in [3.05, 3.63) is 59.7 Å². The summed E-state index contributed by atoms with van der Waals surface area (Å²) in [6, 6.07) is 12.8. The zero-order valence-corrected chi connectivity index (χ0v) is 11.6. The quantitative estimate of drug-likeness (QED) is 0.851. The standard InChI is InChI=1S/C16H17F2NO2/c1-21-15-5-3-2-4-13(15)19-14(10-20)11-6-8-12(9-7-11)16(17)18/h2-9,14,16,19-20H,10H2,1H3. The van der Waals surface area contributed by atoms with E-state index in [0.717, 1.165) is 11.3 Å². The minimum atomic E-state index is -2.49. The zero-order chi connectivity index (χ0) is 15.2. The largest absolute Gasteiger partial charge is 0.495 e. The molecule has 0 spiro atoms. The summed E-state index contributed by atoms with van der Waals surface area (Å²) in [6.07, 6.45) is -2.49. The van der Waals surface area contributed by atoms with Crippen molar-refractivity contribution < 1.29 is 18.6 Å². The summed E-state index contributed by atoms with van der Waals surface area (Å²) in [4.78, 5) is 0. The van der Waals surface area contributed by atoms with E-state index in [4.69, 9.17) is 4.74 Å². The number of rotatable bonds is 6. The van der Waals surface area contributed by atoms with Gasteiger partial charge in [0.05, 0.1) is 25.4 Å². The number of aliphatic hydroxyl groups excluding tert-OH is 1. The number of methoxy groups -OCH3 is 1. The zero-order valence-electron chi connectivity index (χ0n) is 11.6. The van der Waals surface area contributed by atoms with Crippen molar-refractivity contribution in [2.75, 3.05) is 19.0 Å². The molecule has 0 radical (unpaired) electrons. The van der Waals surface area contributed by atoms with Gasteiger partial charge in [-0.1, -0.05) is 36.4 Å². The average molecular weight is 293 g/mol. The maximum absolute atomic E-state index is 12.5. The molecule has 2 aromatic rings. The first-order valence-corrected chi connectivity index (χ1v) is 6.54. The van der Waals surface area contributed by atoms with E-state index in [9.17, 15) is 13.9 Å². The Bertz CT molecular complexity index is 573. The smallest absolute Gasteiger partial charge is 0.263 e. The molecule has 21 heavy (non-hydrogen) atoms. The summed E-state index contributed by atoms with van der Waals surface area (Å²) in [5.74, 6) is 0.653. The lowest BCUT2D eigenvalue weighted by atomic mass is 10.0. The van der Waals surface area contributed by atoms with Crippen molar-refractivity contribution in [1.29, 1.82) is 0 Å². The SMILES string of the molecule is COc1ccccc1NC(CO)c1ccc(C(F)F)cc1. The molecule has 0 saturated carbocycles. The van der Waals surface area contributed by atoms with Crippen LogP contribution in [0.5, 0.6) is 5.75 Å². The molecule has 0 aliphatic heterocycles. The van der Waals surface area contributed by atoms with E-state index in [1.807, 2.05) is 18.2 Å². The van der Waals surface area contributed by atoms with Crippen LogP contribution in [0.1, 0.15) is 23.6 Å². The summed E-state index contributed by atoms with van der Waals surface area (Å²) >= 11 is 0. The maximum Gasteiger partial charge on any atom is 0.263 e. The van der Waals surface area contributed by atoms with Crippen LogP contribution in [0.15, 0.2) is 48.5 Å². The van der Waals surface area contributed by atoms with Gasteiger partial charge in [-0.3, -0.25) is 0 Å². The van der Waals surface area contributed by atoms with Gasteiger partial charge in [0.1, 0.15) is 5.75 Å². The van der Waals surface area contributed by atoms with Gasteiger partial charge in [-0.05, 0) is 17.7 Å². The molecule has 1 atom stereocenters. The van der Waals surface area contributed by atoms with Crippen LogP contribution in [0.2, 0.25) is 0 Å². The Morgan fingerprint density at radius 2 is 1.67 bits per heavy atom. The molecule has 2 N–H and O–H groups in total. The first kappa shape index (κ1) is 15.3. The molecule has 0 fully saturated rings. The topological polar surface area (TPSA) is 41.5 Å². The Morgan fingerprint density at radius 1 is 1.05 bits per heavy atom. The number of aliphatic hydroxyl groups is 1. The van der Waals surface area contributed by atoms with Crippen LogP contribution in [-0.4, -0.2) is 18.8 Å². The van der Waals surface area contributed by atoms with Gasteiger partial charge >= 0.3 is 0 Å². The normalized spacial score (nSPS) is 12.2. The number of ether oxygens (including phenoxy) is 1. The van der Waals surface area contributed by atoms with Crippen LogP contribution in [-0.2, 0) is 0 Å². The van der Waals surface area contributed by atoms with Crippen LogP contribution in [0, 0.1) is 0 Å². The predicted octanol–water partition coefficient (Wildman–Crippen LogP) is 3.78. The van der Waals surface area contributed by atoms with Crippen LogP contribution < -0.4 is 10.1 Å². The number of anilines is 1. The molecule has 0 amide bonds. The molecule has 1 unspecified atom stereocenters. The van der Waals surface area contributed by atoms with Crippen molar-refractivity contribution in [3.63, 3.8) is 0 Å². The second-order valence-electron chi connectivity index (χ2n) is 4.55. The number of hydrogen-bond acceptors (Lipinski definition) is 3. The summed E-state index contributed by atoms with van der Waals surface area (Å²) in [7, 11) is 1.56. The van der Waals surface area contributed by atoms with Gasteiger partial charge in [0, 0.05) is 5.56 Å². The molecule has 0 heterocycles. The van der Waals surface area contributed by atoms with Gasteiger partial charge in [-0.2, -0.15) is 0 Å². The van der Waals surface area contributed by atoms with E-state index in [1.54, 1.807) is 25.3 Å². The minimum Gasteiger partial charge on any atom is -0.495 e. The second kappa shape index (κ2) is 7.04. The van der Waals surface area contributed by atoms with Gasteiger partial charge in [0.15, 0.2) is 0 Å². The maximum atomic E-state index is 12.5. The van der Waals surface area contributed by atoms with Crippen LogP contribution in [0.3, 0.4) is 0 Å². The third-order valence-electron chi connectivity index (χ3n) is 3.21. The molecule has 112 valence electrons. The second-order valence-corrected chi connectivity index (χ2v) is 4.55. The Kier molecular flexibility index (Phi) is 5.11. The monoisotopic (exact) mass is 293 g/mol. The number of hydrogen-bond donors (Lipinski definition) is 2. The third kappa shape index (κ3) is 3.70. The van der Waals surface area contributed by atoms with Gasteiger partial charge < -0.3 is 15.2 Å². The Hall–Kier alpha value is -2.14. The fourth-order valence-corrected chi connectivity index (χ4v) is 2.06. The van der Waals surface area contributed by atoms with E-state index in [-0.39, 0.29) is 12.2 Å². The Morgan fingerprint density at radius 3 is 2.24 bits per heavy atom. The van der Waals surface area contributed by atoms with Gasteiger partial charge in [0.25, 0.3) is 6.43 Å². The van der Waals surface area contributed by atoms with Gasteiger partial charge in [-0.15, -0.1) is 0 Å². The molecular weight excluding hydrogens is 276 g/mol. The first-order chi connectivity index (χ1) is 10.2. The van der Waals surface area contributed by atoms with E-state index in [1.165, 1.54) is 12.1 Å². The lowest BCUT2D eigenvalue weighted by molar-refractivity contribution is 0.151. The van der Waals surface area contributed by atoms with Crippen molar-refractivity contribution in [2.45, 2.75) is 12.5 Å². The molecular formula is C16H17F2NO2. The van der Waals surface area contributed by atoms with Crippen LogP contribution in [0.4, 0.5) is 14.5 Å². The lowest BCUT2D eigenvalue weighted by Gasteiger charge is -2.20. The first-order valence-electron chi connectivity index (χ1n) is 6.54. The Labute approximate surface area is 122 Å². The van der Waals surface area contributed by atoms with Gasteiger partial charge in [0.2, 0.25) is 0 Å². The summed E-state index contributed by atoms with van der Waals surface area (Å²) < 4.78 is 30.3. The molecule has 0 bridgehead atoms. The van der Waals surface area contributed by atoms with Crippen molar-refractivity contribution in [1.82, 2.24) is 0 Å². The Balaban J connectivity index is 2.19. The highest BCUT2D eigenvalue weighted by Gasteiger charge is 2.14. The lowest BCUT2D eigenvalue weighted by Crippen LogP contribution is -2.15. The van der Waals surface area contributed by atoms with Crippen LogP contribution >= 0.6 is 0 Å². The molecule has 2 rings (SSSR count). The minimum absolute atomic E-state index is 0.0345. The van der Waals surface area contributed by atoms with E-state index < -0.39 is 12.5 Å². The average Bonchev–Trinajstić information content (AvgIpc) is 2.53. The number of alkyl halides is 2. The number of halogens is 2. The molecule has 5 heteroatoms. The van der Waals surface area contributed by atoms with Crippen molar-refractivity contribution >= 4 is 5.69 Å². The fourth-order valence-electron chi connectivity index (χ4n) is 2.06. The van der Waals surface area contributed by atoms with E-state index in [0.29, 0.717) is 5.75 Å². The fraction of sp³-hybridized carbons (Fsp3) is 0.250. The summed E-state index contributed by atoms with van der Waals surface area (Å²) in [6.45, 7) is -0.161. The van der Waals surface area contributed by atoms with Crippen molar-refractivity contribution in [3.8, 4) is 5.75 Å². The number of para-hydroxylation sites is 2. The molecule has 0 aliphatic carbocycles. The third-order valence-corrected chi connectivity index (χ3v) is 3.21. The molecule has 2 aromatic carbocycles. The summed E-state index contributed by atoms with van der Waals surface area (Å²) in [5, 5.41) is 12.7. The highest BCUT2D eigenvalue weighted by Crippen LogP contribution is 2.28. The predicted molar refractivity (Wildman–Crippen MR) is 77.8 cm³/mol. The molecule has 0 saturated heterocycles. The molecule has 3 nitrogen and oxygen atoms in total. The highest BCUT2D eigenvalue weighted by molar-refractivity contribution is 5.57. The van der Waals surface area contributed by atoms with Gasteiger partial charge in [-0.25, -0.2) is 8.78 Å².